The molecule has 0 bridgehead atoms. The molecule has 0 saturated carbocycles. The van der Waals surface area contributed by atoms with Crippen LogP contribution in [-0.4, -0.2) is 18.3 Å². The molecule has 1 heterocycles. The fourth-order valence-corrected chi connectivity index (χ4v) is 2.36. The van der Waals surface area contributed by atoms with Crippen LogP contribution in [0, 0.1) is 0 Å². The van der Waals surface area contributed by atoms with Crippen LogP contribution < -0.4 is 4.74 Å². The fourth-order valence-electron chi connectivity index (χ4n) is 1.95. The molecule has 102 valence electrons. The number of furan rings is 1. The number of hydrogen-bond acceptors (Lipinski definition) is 3. The van der Waals surface area contributed by atoms with Crippen LogP contribution in [0.1, 0.15) is 17.7 Å². The van der Waals surface area contributed by atoms with E-state index in [0.717, 1.165) is 28.0 Å². The molecule has 1 atom stereocenters. The van der Waals surface area contributed by atoms with Crippen molar-refractivity contribution < 1.29 is 14.3 Å². The lowest BCUT2D eigenvalue weighted by Crippen LogP contribution is -2.12. The van der Waals surface area contributed by atoms with Crippen LogP contribution >= 0.6 is 15.9 Å². The molecule has 1 aromatic carbocycles. The molecule has 0 spiro atoms. The second-order valence-corrected chi connectivity index (χ2v) is 5.29. The number of rotatable bonds is 6. The Morgan fingerprint density at radius 3 is 2.89 bits per heavy atom. The summed E-state index contributed by atoms with van der Waals surface area (Å²) in [6.07, 6.45) is 3.28. The number of halogens is 1. The average molecular weight is 325 g/mol. The largest absolute Gasteiger partial charge is 0.497 e. The zero-order chi connectivity index (χ0) is 13.7. The molecule has 0 radical (unpaired) electrons. The molecule has 19 heavy (non-hydrogen) atoms. The SMILES string of the molecule is COc1ccc(Br)c(CC(O)CCc2ccco2)c1. The van der Waals surface area contributed by atoms with Crippen molar-refractivity contribution in [1.29, 1.82) is 0 Å². The monoisotopic (exact) mass is 324 g/mol. The number of aliphatic hydroxyl groups excluding tert-OH is 1. The highest BCUT2D eigenvalue weighted by molar-refractivity contribution is 9.10. The molecule has 0 fully saturated rings. The van der Waals surface area contributed by atoms with Crippen LogP contribution in [0.25, 0.3) is 0 Å². The molecule has 1 unspecified atom stereocenters. The van der Waals surface area contributed by atoms with E-state index < -0.39 is 6.10 Å². The number of aryl methyl sites for hydroxylation is 1. The lowest BCUT2D eigenvalue weighted by atomic mass is 10.0. The highest BCUT2D eigenvalue weighted by Gasteiger charge is 2.10. The van der Waals surface area contributed by atoms with Crippen molar-refractivity contribution in [1.82, 2.24) is 0 Å². The second-order valence-electron chi connectivity index (χ2n) is 4.43. The molecule has 3 nitrogen and oxygen atoms in total. The van der Waals surface area contributed by atoms with Gasteiger partial charge in [0, 0.05) is 10.9 Å². The Morgan fingerprint density at radius 2 is 2.21 bits per heavy atom. The van der Waals surface area contributed by atoms with Crippen LogP contribution in [0.2, 0.25) is 0 Å². The van der Waals surface area contributed by atoms with Crippen LogP contribution in [0.5, 0.6) is 5.75 Å². The van der Waals surface area contributed by atoms with Gasteiger partial charge in [0.25, 0.3) is 0 Å². The van der Waals surface area contributed by atoms with E-state index in [4.69, 9.17) is 9.15 Å². The fraction of sp³-hybridized carbons (Fsp3) is 0.333. The second kappa shape index (κ2) is 6.78. The molecule has 4 heteroatoms. The van der Waals surface area contributed by atoms with E-state index >= 15 is 0 Å². The average Bonchev–Trinajstić information content (AvgIpc) is 2.92. The van der Waals surface area contributed by atoms with E-state index in [2.05, 4.69) is 15.9 Å². The van der Waals surface area contributed by atoms with Crippen molar-refractivity contribution in [3.8, 4) is 5.75 Å². The van der Waals surface area contributed by atoms with Gasteiger partial charge in [-0.2, -0.15) is 0 Å². The van der Waals surface area contributed by atoms with Gasteiger partial charge in [-0.3, -0.25) is 0 Å². The molecule has 2 rings (SSSR count). The third-order valence-corrected chi connectivity index (χ3v) is 3.79. The number of hydrogen-bond donors (Lipinski definition) is 1. The minimum atomic E-state index is -0.395. The van der Waals surface area contributed by atoms with E-state index in [-0.39, 0.29) is 0 Å². The molecule has 2 aromatic rings. The van der Waals surface area contributed by atoms with E-state index in [1.54, 1.807) is 13.4 Å². The number of methoxy groups -OCH3 is 1. The first-order valence-corrected chi connectivity index (χ1v) is 7.01. The van der Waals surface area contributed by atoms with Gasteiger partial charge in [-0.25, -0.2) is 0 Å². The van der Waals surface area contributed by atoms with Gasteiger partial charge in [0.2, 0.25) is 0 Å². The maximum absolute atomic E-state index is 10.1. The highest BCUT2D eigenvalue weighted by atomic mass is 79.9. The third kappa shape index (κ3) is 4.11. The Balaban J connectivity index is 1.92. The van der Waals surface area contributed by atoms with E-state index in [1.165, 1.54) is 0 Å². The minimum Gasteiger partial charge on any atom is -0.497 e. The molecule has 1 aromatic heterocycles. The summed E-state index contributed by atoms with van der Waals surface area (Å²) in [7, 11) is 1.64. The Kier molecular flexibility index (Phi) is 5.05. The standard InChI is InChI=1S/C15H17BrO3/c1-18-14-6-7-15(16)11(10-14)9-12(17)4-5-13-3-2-8-19-13/h2-3,6-8,10,12,17H,4-5,9H2,1H3. The van der Waals surface area contributed by atoms with Gasteiger partial charge in [0.05, 0.1) is 19.5 Å². The number of ether oxygens (including phenoxy) is 1. The summed E-state index contributed by atoms with van der Waals surface area (Å²) in [5.74, 6) is 1.71. The smallest absolute Gasteiger partial charge is 0.119 e. The number of aliphatic hydroxyl groups is 1. The van der Waals surface area contributed by atoms with Gasteiger partial charge in [-0.05, 0) is 48.7 Å². The first-order chi connectivity index (χ1) is 9.19. The summed E-state index contributed by atoms with van der Waals surface area (Å²) in [4.78, 5) is 0. The third-order valence-electron chi connectivity index (χ3n) is 3.01. The quantitative estimate of drug-likeness (QED) is 0.883. The lowest BCUT2D eigenvalue weighted by Gasteiger charge is -2.12. The summed E-state index contributed by atoms with van der Waals surface area (Å²) in [5, 5.41) is 10.1. The lowest BCUT2D eigenvalue weighted by molar-refractivity contribution is 0.162. The van der Waals surface area contributed by atoms with Crippen molar-refractivity contribution >= 4 is 15.9 Å². The topological polar surface area (TPSA) is 42.6 Å². The molecular formula is C15H17BrO3. The Morgan fingerprint density at radius 1 is 1.37 bits per heavy atom. The van der Waals surface area contributed by atoms with Crippen molar-refractivity contribution in [3.63, 3.8) is 0 Å². The molecule has 0 amide bonds. The van der Waals surface area contributed by atoms with Crippen LogP contribution in [0.4, 0.5) is 0 Å². The van der Waals surface area contributed by atoms with Crippen LogP contribution in [0.3, 0.4) is 0 Å². The number of benzene rings is 1. The predicted octanol–water partition coefficient (Wildman–Crippen LogP) is 3.59. The van der Waals surface area contributed by atoms with Gasteiger partial charge >= 0.3 is 0 Å². The van der Waals surface area contributed by atoms with Gasteiger partial charge in [-0.15, -0.1) is 0 Å². The van der Waals surface area contributed by atoms with Crippen LogP contribution in [0.15, 0.2) is 45.5 Å². The zero-order valence-corrected chi connectivity index (χ0v) is 12.4. The summed E-state index contributed by atoms with van der Waals surface area (Å²) in [6.45, 7) is 0. The van der Waals surface area contributed by atoms with Crippen molar-refractivity contribution in [2.75, 3.05) is 7.11 Å². The Hall–Kier alpha value is -1.26. The van der Waals surface area contributed by atoms with Gasteiger partial charge < -0.3 is 14.3 Å². The molecular weight excluding hydrogens is 308 g/mol. The maximum Gasteiger partial charge on any atom is 0.119 e. The Bertz CT molecular complexity index is 508. The summed E-state index contributed by atoms with van der Waals surface area (Å²) < 4.78 is 11.4. The summed E-state index contributed by atoms with van der Waals surface area (Å²) >= 11 is 3.49. The molecule has 0 aliphatic carbocycles. The molecule has 1 N–H and O–H groups in total. The van der Waals surface area contributed by atoms with E-state index in [0.29, 0.717) is 12.8 Å². The van der Waals surface area contributed by atoms with Gasteiger partial charge in [0.1, 0.15) is 11.5 Å². The zero-order valence-electron chi connectivity index (χ0n) is 10.8. The first kappa shape index (κ1) is 14.2. The van der Waals surface area contributed by atoms with E-state index in [1.807, 2.05) is 30.3 Å². The first-order valence-electron chi connectivity index (χ1n) is 6.22. The minimum absolute atomic E-state index is 0.395. The van der Waals surface area contributed by atoms with Crippen LogP contribution in [-0.2, 0) is 12.8 Å². The van der Waals surface area contributed by atoms with Gasteiger partial charge in [0.15, 0.2) is 0 Å². The molecule has 0 aliphatic rings. The summed E-state index contributed by atoms with van der Waals surface area (Å²) in [6, 6.07) is 9.56. The maximum atomic E-state index is 10.1. The summed E-state index contributed by atoms with van der Waals surface area (Å²) in [5.41, 5.74) is 1.05. The normalized spacial score (nSPS) is 12.4. The highest BCUT2D eigenvalue weighted by Crippen LogP contribution is 2.24. The van der Waals surface area contributed by atoms with Crippen molar-refractivity contribution in [2.45, 2.75) is 25.4 Å². The predicted molar refractivity (Wildman–Crippen MR) is 77.4 cm³/mol. The molecule has 0 saturated heterocycles. The van der Waals surface area contributed by atoms with Crippen molar-refractivity contribution in [2.24, 2.45) is 0 Å². The van der Waals surface area contributed by atoms with E-state index in [9.17, 15) is 5.11 Å². The van der Waals surface area contributed by atoms with Crippen molar-refractivity contribution in [3.05, 3.63) is 52.4 Å². The Labute approximate surface area is 121 Å². The molecule has 0 aliphatic heterocycles. The van der Waals surface area contributed by atoms with Gasteiger partial charge in [-0.1, -0.05) is 15.9 Å².